The molecule has 0 radical (unpaired) electrons. The SMILES string of the molecule is CCCCCCCCc1ccc(N)c2nc3ccccc3cc12. The maximum absolute atomic E-state index is 6.16. The standard InChI is InChI=1S/C21H26N2/c1-2-3-4-5-6-7-10-16-13-14-19(22)21-18(16)15-17-11-8-9-12-20(17)23-21/h8-9,11-15H,2-7,10,22H2,1H3. The van der Waals surface area contributed by atoms with E-state index in [1.807, 2.05) is 12.1 Å². The monoisotopic (exact) mass is 306 g/mol. The lowest BCUT2D eigenvalue weighted by molar-refractivity contribution is 0.608. The molecule has 0 aliphatic rings. The van der Waals surface area contributed by atoms with E-state index in [-0.39, 0.29) is 0 Å². The van der Waals surface area contributed by atoms with Crippen molar-refractivity contribution in [2.75, 3.05) is 5.73 Å². The van der Waals surface area contributed by atoms with Crippen LogP contribution in [-0.2, 0) is 6.42 Å². The van der Waals surface area contributed by atoms with E-state index in [1.54, 1.807) is 0 Å². The average molecular weight is 306 g/mol. The molecule has 0 aliphatic carbocycles. The van der Waals surface area contributed by atoms with E-state index in [9.17, 15) is 0 Å². The van der Waals surface area contributed by atoms with Gasteiger partial charge in [0.15, 0.2) is 0 Å². The van der Waals surface area contributed by atoms with E-state index in [4.69, 9.17) is 10.7 Å². The van der Waals surface area contributed by atoms with Gasteiger partial charge in [-0.3, -0.25) is 0 Å². The number of unbranched alkanes of at least 4 members (excludes halogenated alkanes) is 5. The highest BCUT2D eigenvalue weighted by Gasteiger charge is 2.07. The molecule has 0 atom stereocenters. The van der Waals surface area contributed by atoms with Gasteiger partial charge in [0.1, 0.15) is 0 Å². The summed E-state index contributed by atoms with van der Waals surface area (Å²) in [5.74, 6) is 0. The van der Waals surface area contributed by atoms with Crippen molar-refractivity contribution in [1.29, 1.82) is 0 Å². The van der Waals surface area contributed by atoms with Crippen LogP contribution in [-0.4, -0.2) is 4.98 Å². The predicted octanol–water partition coefficient (Wildman–Crippen LogP) is 5.87. The molecule has 23 heavy (non-hydrogen) atoms. The lowest BCUT2D eigenvalue weighted by Gasteiger charge is -2.10. The minimum atomic E-state index is 0.775. The number of pyridine rings is 1. The van der Waals surface area contributed by atoms with Gasteiger partial charge < -0.3 is 5.73 Å². The first-order valence-electron chi connectivity index (χ1n) is 8.86. The molecule has 0 fully saturated rings. The minimum absolute atomic E-state index is 0.775. The van der Waals surface area contributed by atoms with Crippen molar-refractivity contribution in [1.82, 2.24) is 4.98 Å². The number of hydrogen-bond donors (Lipinski definition) is 1. The molecule has 0 saturated heterocycles. The third kappa shape index (κ3) is 3.64. The Morgan fingerprint density at radius 1 is 0.913 bits per heavy atom. The second-order valence-corrected chi connectivity index (χ2v) is 6.41. The van der Waals surface area contributed by atoms with Gasteiger partial charge in [-0.15, -0.1) is 0 Å². The Bertz CT molecular complexity index is 792. The minimum Gasteiger partial charge on any atom is -0.397 e. The summed E-state index contributed by atoms with van der Waals surface area (Å²) < 4.78 is 0. The quantitative estimate of drug-likeness (QED) is 0.336. The molecule has 1 heterocycles. The third-order valence-electron chi connectivity index (χ3n) is 4.61. The maximum atomic E-state index is 6.16. The first kappa shape index (κ1) is 15.8. The summed E-state index contributed by atoms with van der Waals surface area (Å²) in [7, 11) is 0. The van der Waals surface area contributed by atoms with Crippen LogP contribution in [0.4, 0.5) is 5.69 Å². The fraction of sp³-hybridized carbons (Fsp3) is 0.381. The maximum Gasteiger partial charge on any atom is 0.0941 e. The number of para-hydroxylation sites is 1. The Kier molecular flexibility index (Phi) is 5.12. The number of aryl methyl sites for hydroxylation is 1. The van der Waals surface area contributed by atoms with Crippen LogP contribution in [0.3, 0.4) is 0 Å². The van der Waals surface area contributed by atoms with E-state index < -0.39 is 0 Å². The zero-order valence-corrected chi connectivity index (χ0v) is 14.0. The molecule has 0 aliphatic heterocycles. The van der Waals surface area contributed by atoms with Gasteiger partial charge in [0.25, 0.3) is 0 Å². The molecular formula is C21H26N2. The summed E-state index contributed by atoms with van der Waals surface area (Å²) in [6.07, 6.45) is 9.06. The number of nitrogen functional groups attached to an aromatic ring is 1. The van der Waals surface area contributed by atoms with Gasteiger partial charge in [-0.25, -0.2) is 4.98 Å². The second kappa shape index (κ2) is 7.45. The number of rotatable bonds is 7. The van der Waals surface area contributed by atoms with Crippen LogP contribution in [0, 0.1) is 0 Å². The van der Waals surface area contributed by atoms with Crippen LogP contribution in [0.25, 0.3) is 21.8 Å². The number of fused-ring (bicyclic) bond motifs is 2. The molecule has 0 bridgehead atoms. The second-order valence-electron chi connectivity index (χ2n) is 6.41. The molecule has 0 amide bonds. The zero-order chi connectivity index (χ0) is 16.1. The van der Waals surface area contributed by atoms with E-state index in [0.717, 1.165) is 23.1 Å². The Morgan fingerprint density at radius 3 is 2.57 bits per heavy atom. The molecule has 3 rings (SSSR count). The number of nitrogens with two attached hydrogens (primary N) is 1. The summed E-state index contributed by atoms with van der Waals surface area (Å²) in [5, 5.41) is 2.41. The smallest absolute Gasteiger partial charge is 0.0941 e. The van der Waals surface area contributed by atoms with Gasteiger partial charge in [-0.05, 0) is 36.6 Å². The summed E-state index contributed by atoms with van der Waals surface area (Å²) >= 11 is 0. The Morgan fingerprint density at radius 2 is 1.70 bits per heavy atom. The highest BCUT2D eigenvalue weighted by Crippen LogP contribution is 2.28. The summed E-state index contributed by atoms with van der Waals surface area (Å²) in [6.45, 7) is 2.26. The van der Waals surface area contributed by atoms with E-state index in [1.165, 1.54) is 54.9 Å². The van der Waals surface area contributed by atoms with Crippen molar-refractivity contribution in [2.45, 2.75) is 51.9 Å². The summed E-state index contributed by atoms with van der Waals surface area (Å²) in [5.41, 5.74) is 10.3. The number of hydrogen-bond acceptors (Lipinski definition) is 2. The van der Waals surface area contributed by atoms with Gasteiger partial charge in [0.05, 0.1) is 16.7 Å². The summed E-state index contributed by atoms with van der Waals surface area (Å²) in [6, 6.07) is 14.7. The Hall–Kier alpha value is -2.09. The predicted molar refractivity (Wildman–Crippen MR) is 101 cm³/mol. The normalized spacial score (nSPS) is 11.3. The van der Waals surface area contributed by atoms with Crippen LogP contribution in [0.2, 0.25) is 0 Å². The molecule has 120 valence electrons. The molecule has 2 heteroatoms. The van der Waals surface area contributed by atoms with Gasteiger partial charge >= 0.3 is 0 Å². The van der Waals surface area contributed by atoms with Gasteiger partial charge in [0.2, 0.25) is 0 Å². The highest BCUT2D eigenvalue weighted by atomic mass is 14.7. The van der Waals surface area contributed by atoms with Crippen LogP contribution >= 0.6 is 0 Å². The molecule has 2 nitrogen and oxygen atoms in total. The number of benzene rings is 2. The molecule has 0 spiro atoms. The van der Waals surface area contributed by atoms with Crippen LogP contribution < -0.4 is 5.73 Å². The number of nitrogens with zero attached hydrogens (tertiary/aromatic N) is 1. The molecule has 0 unspecified atom stereocenters. The van der Waals surface area contributed by atoms with Crippen molar-refractivity contribution in [3.05, 3.63) is 48.0 Å². The lowest BCUT2D eigenvalue weighted by atomic mass is 9.99. The molecule has 3 aromatic rings. The highest BCUT2D eigenvalue weighted by molar-refractivity contribution is 5.99. The zero-order valence-electron chi connectivity index (χ0n) is 14.0. The number of anilines is 1. The van der Waals surface area contributed by atoms with E-state index >= 15 is 0 Å². The van der Waals surface area contributed by atoms with Crippen molar-refractivity contribution in [2.24, 2.45) is 0 Å². The first-order chi connectivity index (χ1) is 11.3. The van der Waals surface area contributed by atoms with Crippen LogP contribution in [0.1, 0.15) is 51.0 Å². The Labute approximate surface area is 138 Å². The third-order valence-corrected chi connectivity index (χ3v) is 4.61. The topological polar surface area (TPSA) is 38.9 Å². The van der Waals surface area contributed by atoms with Crippen molar-refractivity contribution in [3.63, 3.8) is 0 Å². The molecular weight excluding hydrogens is 280 g/mol. The fourth-order valence-corrected chi connectivity index (χ4v) is 3.25. The molecule has 1 aromatic heterocycles. The van der Waals surface area contributed by atoms with E-state index in [0.29, 0.717) is 0 Å². The number of aromatic nitrogens is 1. The van der Waals surface area contributed by atoms with Gasteiger partial charge in [-0.1, -0.05) is 63.3 Å². The first-order valence-corrected chi connectivity index (χ1v) is 8.86. The van der Waals surface area contributed by atoms with Crippen LogP contribution in [0.15, 0.2) is 42.5 Å². The Balaban J connectivity index is 1.82. The van der Waals surface area contributed by atoms with Gasteiger partial charge in [0, 0.05) is 10.8 Å². The lowest BCUT2D eigenvalue weighted by Crippen LogP contribution is -1.95. The molecule has 2 N–H and O–H groups in total. The van der Waals surface area contributed by atoms with E-state index in [2.05, 4.69) is 37.3 Å². The van der Waals surface area contributed by atoms with Crippen LogP contribution in [0.5, 0.6) is 0 Å². The molecule has 2 aromatic carbocycles. The fourth-order valence-electron chi connectivity index (χ4n) is 3.25. The van der Waals surface area contributed by atoms with Gasteiger partial charge in [-0.2, -0.15) is 0 Å². The largest absolute Gasteiger partial charge is 0.397 e. The average Bonchev–Trinajstić information content (AvgIpc) is 2.58. The van der Waals surface area contributed by atoms with Crippen molar-refractivity contribution < 1.29 is 0 Å². The summed E-state index contributed by atoms with van der Waals surface area (Å²) in [4.78, 5) is 4.78. The van der Waals surface area contributed by atoms with Crippen molar-refractivity contribution >= 4 is 27.5 Å². The van der Waals surface area contributed by atoms with Crippen molar-refractivity contribution in [3.8, 4) is 0 Å². The molecule has 0 saturated carbocycles.